The average molecular weight is 285 g/mol. The molecule has 1 fully saturated rings. The lowest BCUT2D eigenvalue weighted by atomic mass is 10.1. The van der Waals surface area contributed by atoms with Gasteiger partial charge < -0.3 is 9.84 Å². The Labute approximate surface area is 111 Å². The third-order valence-electron chi connectivity index (χ3n) is 3.07. The minimum Gasteiger partial charge on any atom is -0.394 e. The SMILES string of the molecule is Cc1cn([C@@H]2O[C@H](CO)C(F)C2N=[N+]=[N-])c(=O)[nH]c1=O. The molecule has 0 aromatic carbocycles. The van der Waals surface area contributed by atoms with Crippen LogP contribution in [0.15, 0.2) is 20.9 Å². The molecule has 0 bridgehead atoms. The summed E-state index contributed by atoms with van der Waals surface area (Å²) >= 11 is 0. The Morgan fingerprint density at radius 1 is 1.65 bits per heavy atom. The smallest absolute Gasteiger partial charge is 0.330 e. The van der Waals surface area contributed by atoms with E-state index in [1.54, 1.807) is 0 Å². The van der Waals surface area contributed by atoms with Gasteiger partial charge >= 0.3 is 5.69 Å². The van der Waals surface area contributed by atoms with Gasteiger partial charge in [0.2, 0.25) is 0 Å². The van der Waals surface area contributed by atoms with Gasteiger partial charge in [-0.3, -0.25) is 14.3 Å². The van der Waals surface area contributed by atoms with Gasteiger partial charge in [-0.15, -0.1) is 0 Å². The molecule has 1 aliphatic rings. The second kappa shape index (κ2) is 5.45. The molecule has 4 atom stereocenters. The van der Waals surface area contributed by atoms with Crippen LogP contribution >= 0.6 is 0 Å². The zero-order chi connectivity index (χ0) is 14.9. The number of halogens is 1. The highest BCUT2D eigenvalue weighted by Crippen LogP contribution is 2.32. The summed E-state index contributed by atoms with van der Waals surface area (Å²) in [5.41, 5.74) is 7.30. The fraction of sp³-hybridized carbons (Fsp3) is 0.600. The monoisotopic (exact) mass is 285 g/mol. The van der Waals surface area contributed by atoms with Gasteiger partial charge in [-0.25, -0.2) is 9.18 Å². The van der Waals surface area contributed by atoms with Gasteiger partial charge in [0.15, 0.2) is 0 Å². The number of H-pyrrole nitrogens is 1. The van der Waals surface area contributed by atoms with Crippen molar-refractivity contribution in [2.24, 2.45) is 5.11 Å². The van der Waals surface area contributed by atoms with Crippen LogP contribution in [0.4, 0.5) is 4.39 Å². The van der Waals surface area contributed by atoms with Crippen LogP contribution in [-0.2, 0) is 4.74 Å². The van der Waals surface area contributed by atoms with E-state index in [0.717, 1.165) is 4.57 Å². The Kier molecular flexibility index (Phi) is 3.89. The fourth-order valence-electron chi connectivity index (χ4n) is 2.04. The number of nitrogens with one attached hydrogen (secondary N) is 1. The summed E-state index contributed by atoms with van der Waals surface area (Å²) in [4.78, 5) is 27.6. The summed E-state index contributed by atoms with van der Waals surface area (Å²) in [6.07, 6.45) is -2.98. The van der Waals surface area contributed by atoms with Crippen molar-refractivity contribution in [3.05, 3.63) is 43.0 Å². The van der Waals surface area contributed by atoms with Crippen molar-refractivity contribution < 1.29 is 14.2 Å². The third-order valence-corrected chi connectivity index (χ3v) is 3.07. The summed E-state index contributed by atoms with van der Waals surface area (Å²) in [5, 5.41) is 12.3. The molecule has 2 N–H and O–H groups in total. The summed E-state index contributed by atoms with van der Waals surface area (Å²) in [6, 6.07) is -1.31. The molecule has 2 unspecified atom stereocenters. The van der Waals surface area contributed by atoms with E-state index in [-0.39, 0.29) is 5.56 Å². The lowest BCUT2D eigenvalue weighted by Crippen LogP contribution is -2.37. The van der Waals surface area contributed by atoms with Crippen LogP contribution in [-0.4, -0.2) is 39.6 Å². The number of hydrogen-bond donors (Lipinski definition) is 2. The van der Waals surface area contributed by atoms with Crippen LogP contribution in [0.5, 0.6) is 0 Å². The van der Waals surface area contributed by atoms with Crippen molar-refractivity contribution in [2.75, 3.05) is 6.61 Å². The van der Waals surface area contributed by atoms with E-state index in [2.05, 4.69) is 10.0 Å². The Bertz CT molecular complexity index is 664. The third kappa shape index (κ3) is 2.31. The molecule has 9 nitrogen and oxygen atoms in total. The van der Waals surface area contributed by atoms with Crippen LogP contribution in [0.25, 0.3) is 10.4 Å². The minimum absolute atomic E-state index is 0.218. The maximum Gasteiger partial charge on any atom is 0.330 e. The zero-order valence-corrected chi connectivity index (χ0v) is 10.4. The van der Waals surface area contributed by atoms with Crippen molar-refractivity contribution in [3.8, 4) is 0 Å². The number of aryl methyl sites for hydroxylation is 1. The maximum atomic E-state index is 13.9. The number of hydrogen-bond acceptors (Lipinski definition) is 5. The molecule has 0 radical (unpaired) electrons. The molecule has 2 heterocycles. The number of rotatable bonds is 3. The molecular formula is C10H12FN5O4. The fourth-order valence-corrected chi connectivity index (χ4v) is 2.04. The zero-order valence-electron chi connectivity index (χ0n) is 10.4. The van der Waals surface area contributed by atoms with Gasteiger partial charge in [0.05, 0.1) is 6.61 Å². The van der Waals surface area contributed by atoms with Crippen LogP contribution in [0.2, 0.25) is 0 Å². The number of nitrogens with zero attached hydrogens (tertiary/aromatic N) is 4. The van der Waals surface area contributed by atoms with Gasteiger partial charge in [-0.05, 0) is 12.5 Å². The Morgan fingerprint density at radius 3 is 2.95 bits per heavy atom. The highest BCUT2D eigenvalue weighted by atomic mass is 19.1. The Hall–Kier alpha value is -2.16. The molecule has 1 aromatic heterocycles. The van der Waals surface area contributed by atoms with Gasteiger partial charge in [0.25, 0.3) is 5.56 Å². The Morgan fingerprint density at radius 2 is 2.35 bits per heavy atom. The standard InChI is InChI=1S/C10H12FN5O4/c1-4-2-16(10(19)13-8(4)18)9-7(14-15-12)6(11)5(3-17)20-9/h2,5-7,9,17H,3H2,1H3,(H,13,18,19)/t5-,6?,7?,9-/m1/s1. The first-order valence-electron chi connectivity index (χ1n) is 5.76. The number of aliphatic hydroxyl groups excluding tert-OH is 1. The second-order valence-corrected chi connectivity index (χ2v) is 4.37. The molecule has 0 saturated carbocycles. The van der Waals surface area contributed by atoms with Gasteiger partial charge in [-0.1, -0.05) is 5.11 Å². The number of aromatic nitrogens is 2. The molecule has 1 aliphatic heterocycles. The molecule has 0 aliphatic carbocycles. The molecule has 20 heavy (non-hydrogen) atoms. The van der Waals surface area contributed by atoms with Gasteiger partial charge in [0, 0.05) is 16.7 Å². The Balaban J connectivity index is 2.50. The highest BCUT2D eigenvalue weighted by Gasteiger charge is 2.45. The maximum absolute atomic E-state index is 13.9. The van der Waals surface area contributed by atoms with Crippen LogP contribution in [0.1, 0.15) is 11.8 Å². The lowest BCUT2D eigenvalue weighted by molar-refractivity contribution is -0.0372. The molecule has 0 amide bonds. The largest absolute Gasteiger partial charge is 0.394 e. The van der Waals surface area contributed by atoms with E-state index >= 15 is 0 Å². The first-order chi connectivity index (χ1) is 9.49. The summed E-state index contributed by atoms with van der Waals surface area (Å²) < 4.78 is 20.1. The molecule has 108 valence electrons. The molecule has 2 rings (SSSR count). The summed E-state index contributed by atoms with van der Waals surface area (Å²) in [6.45, 7) is 0.842. The van der Waals surface area contributed by atoms with E-state index in [1.807, 2.05) is 4.98 Å². The predicted molar refractivity (Wildman–Crippen MR) is 64.9 cm³/mol. The molecule has 10 heteroatoms. The lowest BCUT2D eigenvalue weighted by Gasteiger charge is -2.17. The summed E-state index contributed by atoms with van der Waals surface area (Å²) in [5.74, 6) is 0. The number of alkyl halides is 1. The van der Waals surface area contributed by atoms with Gasteiger partial charge in [0.1, 0.15) is 24.5 Å². The number of ether oxygens (including phenoxy) is 1. The normalized spacial score (nSPS) is 29.1. The van der Waals surface area contributed by atoms with E-state index in [9.17, 15) is 14.0 Å². The number of aliphatic hydroxyl groups is 1. The predicted octanol–water partition coefficient (Wildman–Crippen LogP) is -0.248. The second-order valence-electron chi connectivity index (χ2n) is 4.37. The number of aromatic amines is 1. The molecule has 0 spiro atoms. The van der Waals surface area contributed by atoms with E-state index in [1.165, 1.54) is 13.1 Å². The summed E-state index contributed by atoms with van der Waals surface area (Å²) in [7, 11) is 0. The highest BCUT2D eigenvalue weighted by molar-refractivity contribution is 5.04. The first-order valence-corrected chi connectivity index (χ1v) is 5.76. The van der Waals surface area contributed by atoms with Crippen molar-refractivity contribution in [1.82, 2.24) is 9.55 Å². The van der Waals surface area contributed by atoms with Crippen molar-refractivity contribution in [2.45, 2.75) is 31.5 Å². The number of azide groups is 1. The van der Waals surface area contributed by atoms with E-state index in [0.29, 0.717) is 0 Å². The quantitative estimate of drug-likeness (QED) is 0.450. The van der Waals surface area contributed by atoms with Gasteiger partial charge in [-0.2, -0.15) is 0 Å². The van der Waals surface area contributed by atoms with Crippen LogP contribution in [0.3, 0.4) is 0 Å². The van der Waals surface area contributed by atoms with E-state index in [4.69, 9.17) is 15.4 Å². The van der Waals surface area contributed by atoms with Crippen molar-refractivity contribution in [3.63, 3.8) is 0 Å². The van der Waals surface area contributed by atoms with Crippen LogP contribution in [0, 0.1) is 6.92 Å². The first kappa shape index (κ1) is 14.3. The molecular weight excluding hydrogens is 273 g/mol. The van der Waals surface area contributed by atoms with E-state index < -0.39 is 42.4 Å². The molecule has 1 aromatic rings. The van der Waals surface area contributed by atoms with Crippen molar-refractivity contribution in [1.29, 1.82) is 0 Å². The minimum atomic E-state index is -1.75. The molecule has 1 saturated heterocycles. The van der Waals surface area contributed by atoms with Crippen LogP contribution < -0.4 is 11.2 Å². The van der Waals surface area contributed by atoms with Crippen molar-refractivity contribution >= 4 is 0 Å². The average Bonchev–Trinajstić information content (AvgIpc) is 2.72. The topological polar surface area (TPSA) is 133 Å².